The number of fused-ring (bicyclic) bond motifs is 1. The van der Waals surface area contributed by atoms with Gasteiger partial charge < -0.3 is 9.47 Å². The van der Waals surface area contributed by atoms with Crippen molar-refractivity contribution in [3.8, 4) is 17.0 Å². The minimum atomic E-state index is -4.44. The Hall–Kier alpha value is -3.88. The predicted octanol–water partition coefficient (Wildman–Crippen LogP) is 1.98. The molecule has 1 aliphatic heterocycles. The fraction of sp³-hybridized carbons (Fsp3) is 0.292. The third-order valence-corrected chi connectivity index (χ3v) is 7.51. The SMILES string of the molecule is COc1ncc(-c2ccc3nn(CCN4CCOCC4)c(=O)n3c2)cc1NS(=O)(=O)c1ccc(F)cc1F. The van der Waals surface area contributed by atoms with E-state index in [-0.39, 0.29) is 17.3 Å². The molecule has 1 N–H and O–H groups in total. The van der Waals surface area contributed by atoms with Crippen LogP contribution in [0.25, 0.3) is 16.8 Å². The van der Waals surface area contributed by atoms with E-state index < -0.39 is 26.6 Å². The summed E-state index contributed by atoms with van der Waals surface area (Å²) >= 11 is 0. The minimum Gasteiger partial charge on any atom is -0.480 e. The predicted molar refractivity (Wildman–Crippen MR) is 134 cm³/mol. The van der Waals surface area contributed by atoms with E-state index in [1.54, 1.807) is 18.3 Å². The number of rotatable bonds is 8. The maximum atomic E-state index is 14.2. The third kappa shape index (κ3) is 5.23. The van der Waals surface area contributed by atoms with Crippen molar-refractivity contribution in [3.63, 3.8) is 0 Å². The molecule has 1 saturated heterocycles. The van der Waals surface area contributed by atoms with Crippen molar-refractivity contribution >= 4 is 21.4 Å². The second kappa shape index (κ2) is 10.5. The molecule has 14 heteroatoms. The van der Waals surface area contributed by atoms with Gasteiger partial charge in [-0.25, -0.2) is 36.1 Å². The van der Waals surface area contributed by atoms with Crippen molar-refractivity contribution in [2.45, 2.75) is 11.4 Å². The molecule has 0 aliphatic carbocycles. The van der Waals surface area contributed by atoms with Crippen LogP contribution in [-0.2, 0) is 21.3 Å². The molecule has 5 rings (SSSR count). The second-order valence-electron chi connectivity index (χ2n) is 8.57. The highest BCUT2D eigenvalue weighted by molar-refractivity contribution is 7.92. The highest BCUT2D eigenvalue weighted by Crippen LogP contribution is 2.30. The average Bonchev–Trinajstić information content (AvgIpc) is 3.22. The van der Waals surface area contributed by atoms with Gasteiger partial charge in [-0.15, -0.1) is 5.10 Å². The summed E-state index contributed by atoms with van der Waals surface area (Å²) in [5.74, 6) is -2.21. The minimum absolute atomic E-state index is 0.0611. The van der Waals surface area contributed by atoms with Gasteiger partial charge in [0.05, 0.1) is 26.9 Å². The van der Waals surface area contributed by atoms with E-state index in [1.165, 1.54) is 28.5 Å². The molecule has 0 unspecified atom stereocenters. The summed E-state index contributed by atoms with van der Waals surface area (Å²) in [6.07, 6.45) is 3.03. The standard InChI is InChI=1S/C24H24F2N6O5S/c1-36-23-20(29-38(34,35)21-4-3-18(25)13-19(21)26)12-17(14-27-23)16-2-5-22-28-32(24(33)31(22)15-16)7-6-30-8-10-37-11-9-30/h2-5,12-15,29H,6-11H2,1H3. The first-order chi connectivity index (χ1) is 18.2. The van der Waals surface area contributed by atoms with Gasteiger partial charge in [-0.05, 0) is 30.3 Å². The Labute approximate surface area is 216 Å². The van der Waals surface area contributed by atoms with Crippen molar-refractivity contribution in [3.05, 3.63) is 70.9 Å². The monoisotopic (exact) mass is 546 g/mol. The Kier molecular flexibility index (Phi) is 7.10. The molecule has 0 atom stereocenters. The second-order valence-corrected chi connectivity index (χ2v) is 10.2. The van der Waals surface area contributed by atoms with Crippen LogP contribution < -0.4 is 15.1 Å². The molecule has 0 amide bonds. The maximum absolute atomic E-state index is 14.2. The number of sulfonamides is 1. The van der Waals surface area contributed by atoms with E-state index in [1.807, 2.05) is 0 Å². The van der Waals surface area contributed by atoms with Crippen molar-refractivity contribution in [2.75, 3.05) is 44.7 Å². The number of pyridine rings is 2. The van der Waals surface area contributed by atoms with E-state index in [0.717, 1.165) is 25.2 Å². The molecule has 0 saturated carbocycles. The molecule has 200 valence electrons. The van der Waals surface area contributed by atoms with Gasteiger partial charge in [-0.1, -0.05) is 0 Å². The molecule has 1 aromatic carbocycles. The quantitative estimate of drug-likeness (QED) is 0.356. The topological polar surface area (TPSA) is 120 Å². The number of benzene rings is 1. The lowest BCUT2D eigenvalue weighted by Gasteiger charge is -2.26. The van der Waals surface area contributed by atoms with Gasteiger partial charge >= 0.3 is 5.69 Å². The van der Waals surface area contributed by atoms with Gasteiger partial charge in [-0.2, -0.15) is 0 Å². The maximum Gasteiger partial charge on any atom is 0.350 e. The van der Waals surface area contributed by atoms with Crippen LogP contribution in [0.5, 0.6) is 5.88 Å². The summed E-state index contributed by atoms with van der Waals surface area (Å²) in [6, 6.07) is 6.99. The smallest absolute Gasteiger partial charge is 0.350 e. The molecule has 1 aliphatic rings. The first-order valence-electron chi connectivity index (χ1n) is 11.7. The van der Waals surface area contributed by atoms with Crippen LogP contribution in [0.4, 0.5) is 14.5 Å². The van der Waals surface area contributed by atoms with Crippen molar-refractivity contribution in [1.82, 2.24) is 24.1 Å². The van der Waals surface area contributed by atoms with Crippen molar-refractivity contribution in [2.24, 2.45) is 0 Å². The fourth-order valence-corrected chi connectivity index (χ4v) is 5.24. The Bertz CT molecular complexity index is 1650. The van der Waals surface area contributed by atoms with E-state index in [4.69, 9.17) is 9.47 Å². The normalized spacial score (nSPS) is 14.6. The Morgan fingerprint density at radius 3 is 2.61 bits per heavy atom. The van der Waals surface area contributed by atoms with Gasteiger partial charge in [0, 0.05) is 49.2 Å². The first kappa shape index (κ1) is 25.8. The number of halogens is 2. The van der Waals surface area contributed by atoms with Crippen LogP contribution in [0.2, 0.25) is 0 Å². The molecule has 11 nitrogen and oxygen atoms in total. The fourth-order valence-electron chi connectivity index (χ4n) is 4.13. The number of anilines is 1. The molecular weight excluding hydrogens is 522 g/mol. The lowest BCUT2D eigenvalue weighted by Crippen LogP contribution is -2.39. The lowest BCUT2D eigenvalue weighted by atomic mass is 10.1. The number of nitrogens with zero attached hydrogens (tertiary/aromatic N) is 5. The zero-order valence-corrected chi connectivity index (χ0v) is 21.1. The van der Waals surface area contributed by atoms with Crippen molar-refractivity contribution in [1.29, 1.82) is 0 Å². The molecule has 38 heavy (non-hydrogen) atoms. The Balaban J connectivity index is 1.43. The molecular formula is C24H24F2N6O5S. The molecule has 0 spiro atoms. The molecule has 1 fully saturated rings. The van der Waals surface area contributed by atoms with Crippen LogP contribution in [-0.4, -0.2) is 72.4 Å². The zero-order valence-electron chi connectivity index (χ0n) is 20.3. The van der Waals surface area contributed by atoms with Gasteiger partial charge in [0.1, 0.15) is 22.2 Å². The highest BCUT2D eigenvalue weighted by Gasteiger charge is 2.22. The van der Waals surface area contributed by atoms with Gasteiger partial charge in [0.25, 0.3) is 10.0 Å². The summed E-state index contributed by atoms with van der Waals surface area (Å²) in [6.45, 7) is 4.02. The molecule has 4 aromatic rings. The van der Waals surface area contributed by atoms with Gasteiger partial charge in [0.2, 0.25) is 5.88 Å². The molecule has 0 radical (unpaired) electrons. The number of hydrogen-bond donors (Lipinski definition) is 1. The van der Waals surface area contributed by atoms with Crippen LogP contribution in [0.3, 0.4) is 0 Å². The Morgan fingerprint density at radius 1 is 1.08 bits per heavy atom. The van der Waals surface area contributed by atoms with E-state index in [0.29, 0.717) is 49.1 Å². The number of morpholine rings is 1. The van der Waals surface area contributed by atoms with E-state index >= 15 is 0 Å². The summed E-state index contributed by atoms with van der Waals surface area (Å²) in [5, 5.41) is 4.39. The average molecular weight is 547 g/mol. The first-order valence-corrected chi connectivity index (χ1v) is 13.1. The molecule has 4 heterocycles. The van der Waals surface area contributed by atoms with E-state index in [2.05, 4.69) is 19.7 Å². The van der Waals surface area contributed by atoms with Crippen LogP contribution in [0.1, 0.15) is 0 Å². The van der Waals surface area contributed by atoms with E-state index in [9.17, 15) is 22.0 Å². The molecule has 0 bridgehead atoms. The van der Waals surface area contributed by atoms with Crippen LogP contribution in [0.15, 0.2) is 58.5 Å². The third-order valence-electron chi connectivity index (χ3n) is 6.11. The van der Waals surface area contributed by atoms with Gasteiger partial charge in [-0.3, -0.25) is 9.62 Å². The number of nitrogens with one attached hydrogen (secondary N) is 1. The largest absolute Gasteiger partial charge is 0.480 e. The number of hydrogen-bond acceptors (Lipinski definition) is 8. The number of ether oxygens (including phenoxy) is 2. The van der Waals surface area contributed by atoms with Gasteiger partial charge in [0.15, 0.2) is 5.65 Å². The summed E-state index contributed by atoms with van der Waals surface area (Å²) in [5.41, 5.74) is 1.08. The number of aromatic nitrogens is 4. The van der Waals surface area contributed by atoms with Crippen molar-refractivity contribution < 1.29 is 26.7 Å². The summed E-state index contributed by atoms with van der Waals surface area (Å²) in [4.78, 5) is 18.6. The van der Waals surface area contributed by atoms with Crippen LogP contribution in [0, 0.1) is 11.6 Å². The lowest BCUT2D eigenvalue weighted by molar-refractivity contribution is 0.0358. The summed E-state index contributed by atoms with van der Waals surface area (Å²) in [7, 11) is -3.14. The van der Waals surface area contributed by atoms with Crippen LogP contribution >= 0.6 is 0 Å². The zero-order chi connectivity index (χ0) is 26.9. The number of methoxy groups -OCH3 is 1. The summed E-state index contributed by atoms with van der Waals surface area (Å²) < 4.78 is 68.6. The molecule has 3 aromatic heterocycles. The Morgan fingerprint density at radius 2 is 1.87 bits per heavy atom. The highest BCUT2D eigenvalue weighted by atomic mass is 32.2.